The number of amides is 1. The fourth-order valence-electron chi connectivity index (χ4n) is 1.98. The van der Waals surface area contributed by atoms with Gasteiger partial charge in [0.25, 0.3) is 5.91 Å². The van der Waals surface area contributed by atoms with E-state index in [1.54, 1.807) is 30.3 Å². The standard InChI is InChI=1S/C16H10Cl2N2O/c17-10-5-7-11(8-6-10)19-16(21)15-9-13(18)12-3-1-2-4-14(12)20-15/h1-9H,(H,19,21). The van der Waals surface area contributed by atoms with E-state index in [0.29, 0.717) is 21.2 Å². The van der Waals surface area contributed by atoms with Gasteiger partial charge in [0.15, 0.2) is 0 Å². The van der Waals surface area contributed by atoms with E-state index in [9.17, 15) is 4.79 Å². The number of halogens is 2. The van der Waals surface area contributed by atoms with Crippen molar-refractivity contribution in [2.75, 3.05) is 5.32 Å². The first-order valence-corrected chi connectivity index (χ1v) is 7.01. The van der Waals surface area contributed by atoms with Crippen LogP contribution in [0, 0.1) is 0 Å². The van der Waals surface area contributed by atoms with E-state index in [1.165, 1.54) is 0 Å². The second kappa shape index (κ2) is 5.72. The predicted octanol–water partition coefficient (Wildman–Crippen LogP) is 4.79. The van der Waals surface area contributed by atoms with Crippen molar-refractivity contribution in [3.05, 3.63) is 70.3 Å². The van der Waals surface area contributed by atoms with Crippen LogP contribution >= 0.6 is 23.2 Å². The first-order valence-electron chi connectivity index (χ1n) is 6.26. The van der Waals surface area contributed by atoms with Gasteiger partial charge in [0.1, 0.15) is 5.69 Å². The SMILES string of the molecule is O=C(Nc1ccc(Cl)cc1)c1cc(Cl)c2ccccc2n1. The Morgan fingerprint density at radius 2 is 1.71 bits per heavy atom. The summed E-state index contributed by atoms with van der Waals surface area (Å²) in [5.74, 6) is -0.315. The second-order valence-electron chi connectivity index (χ2n) is 4.47. The summed E-state index contributed by atoms with van der Waals surface area (Å²) in [7, 11) is 0. The van der Waals surface area contributed by atoms with E-state index >= 15 is 0 Å². The van der Waals surface area contributed by atoms with E-state index in [4.69, 9.17) is 23.2 Å². The van der Waals surface area contributed by atoms with Crippen molar-refractivity contribution in [3.8, 4) is 0 Å². The number of nitrogens with zero attached hydrogens (tertiary/aromatic N) is 1. The number of nitrogens with one attached hydrogen (secondary N) is 1. The molecule has 0 aliphatic rings. The number of hydrogen-bond donors (Lipinski definition) is 1. The number of pyridine rings is 1. The molecule has 1 N–H and O–H groups in total. The lowest BCUT2D eigenvalue weighted by molar-refractivity contribution is 0.102. The van der Waals surface area contributed by atoms with Crippen LogP contribution in [0.25, 0.3) is 10.9 Å². The maximum Gasteiger partial charge on any atom is 0.274 e. The summed E-state index contributed by atoms with van der Waals surface area (Å²) in [4.78, 5) is 16.6. The maximum absolute atomic E-state index is 12.2. The van der Waals surface area contributed by atoms with E-state index < -0.39 is 0 Å². The third-order valence-corrected chi connectivity index (χ3v) is 3.57. The normalized spacial score (nSPS) is 10.6. The Kier molecular flexibility index (Phi) is 3.78. The Bertz CT molecular complexity index is 816. The van der Waals surface area contributed by atoms with Crippen molar-refractivity contribution in [1.82, 2.24) is 4.98 Å². The van der Waals surface area contributed by atoms with Crippen molar-refractivity contribution in [3.63, 3.8) is 0 Å². The first-order chi connectivity index (χ1) is 10.1. The van der Waals surface area contributed by atoms with Gasteiger partial charge >= 0.3 is 0 Å². The molecule has 0 atom stereocenters. The third kappa shape index (κ3) is 2.99. The highest BCUT2D eigenvalue weighted by atomic mass is 35.5. The van der Waals surface area contributed by atoms with Crippen LogP contribution in [0.3, 0.4) is 0 Å². The van der Waals surface area contributed by atoms with E-state index in [-0.39, 0.29) is 11.6 Å². The highest BCUT2D eigenvalue weighted by Gasteiger charge is 2.11. The number of carbonyl (C=O) groups excluding carboxylic acids is 1. The molecule has 0 aliphatic heterocycles. The number of para-hydroxylation sites is 1. The van der Waals surface area contributed by atoms with Crippen LogP contribution in [-0.2, 0) is 0 Å². The fraction of sp³-hybridized carbons (Fsp3) is 0. The van der Waals surface area contributed by atoms with Crippen LogP contribution < -0.4 is 5.32 Å². The average Bonchev–Trinajstić information content (AvgIpc) is 2.49. The number of rotatable bonds is 2. The molecule has 1 amide bonds. The van der Waals surface area contributed by atoms with Crippen molar-refractivity contribution >= 4 is 45.7 Å². The molecule has 0 radical (unpaired) electrons. The molecule has 1 heterocycles. The molecule has 1 aromatic heterocycles. The molecule has 0 bridgehead atoms. The topological polar surface area (TPSA) is 42.0 Å². The van der Waals surface area contributed by atoms with Crippen molar-refractivity contribution in [2.45, 2.75) is 0 Å². The number of benzene rings is 2. The smallest absolute Gasteiger partial charge is 0.274 e. The van der Waals surface area contributed by atoms with Crippen LogP contribution in [0.5, 0.6) is 0 Å². The minimum Gasteiger partial charge on any atom is -0.321 e. The van der Waals surface area contributed by atoms with Gasteiger partial charge in [-0.25, -0.2) is 4.98 Å². The first kappa shape index (κ1) is 13.9. The zero-order valence-corrected chi connectivity index (χ0v) is 12.3. The number of fused-ring (bicyclic) bond motifs is 1. The molecule has 0 aliphatic carbocycles. The summed E-state index contributed by atoms with van der Waals surface area (Å²) < 4.78 is 0. The fourth-order valence-corrected chi connectivity index (χ4v) is 2.37. The molecule has 2 aromatic carbocycles. The van der Waals surface area contributed by atoms with Crippen LogP contribution in [0.4, 0.5) is 5.69 Å². The number of aromatic nitrogens is 1. The van der Waals surface area contributed by atoms with E-state index in [1.807, 2.05) is 24.3 Å². The largest absolute Gasteiger partial charge is 0.321 e. The van der Waals surface area contributed by atoms with Gasteiger partial charge in [-0.05, 0) is 36.4 Å². The van der Waals surface area contributed by atoms with Gasteiger partial charge in [-0.1, -0.05) is 41.4 Å². The predicted molar refractivity (Wildman–Crippen MR) is 86.2 cm³/mol. The monoisotopic (exact) mass is 316 g/mol. The number of hydrogen-bond acceptors (Lipinski definition) is 2. The second-order valence-corrected chi connectivity index (χ2v) is 5.31. The molecule has 104 valence electrons. The summed E-state index contributed by atoms with van der Waals surface area (Å²) in [6.45, 7) is 0. The van der Waals surface area contributed by atoms with Gasteiger partial charge in [0.05, 0.1) is 10.5 Å². The van der Waals surface area contributed by atoms with Gasteiger partial charge in [-0.15, -0.1) is 0 Å². The van der Waals surface area contributed by atoms with E-state index in [2.05, 4.69) is 10.3 Å². The molecule has 21 heavy (non-hydrogen) atoms. The van der Waals surface area contributed by atoms with Gasteiger partial charge < -0.3 is 5.32 Å². The molecule has 3 nitrogen and oxygen atoms in total. The lowest BCUT2D eigenvalue weighted by atomic mass is 10.2. The lowest BCUT2D eigenvalue weighted by Gasteiger charge is -2.07. The Balaban J connectivity index is 1.92. The molecular formula is C16H10Cl2N2O. The number of carbonyl (C=O) groups is 1. The summed E-state index contributed by atoms with van der Waals surface area (Å²) in [6, 6.07) is 15.8. The van der Waals surface area contributed by atoms with Crippen molar-refractivity contribution in [2.24, 2.45) is 0 Å². The highest BCUT2D eigenvalue weighted by molar-refractivity contribution is 6.35. The van der Waals surface area contributed by atoms with Crippen molar-refractivity contribution in [1.29, 1.82) is 0 Å². The molecule has 3 aromatic rings. The zero-order valence-electron chi connectivity index (χ0n) is 10.8. The number of anilines is 1. The molecule has 0 spiro atoms. The van der Waals surface area contributed by atoms with Gasteiger partial charge in [0, 0.05) is 16.1 Å². The van der Waals surface area contributed by atoms with Crippen molar-refractivity contribution < 1.29 is 4.79 Å². The van der Waals surface area contributed by atoms with Crippen LogP contribution in [-0.4, -0.2) is 10.9 Å². The summed E-state index contributed by atoms with van der Waals surface area (Å²) in [5, 5.41) is 4.69. The summed E-state index contributed by atoms with van der Waals surface area (Å²) >= 11 is 12.0. The molecule has 0 unspecified atom stereocenters. The highest BCUT2D eigenvalue weighted by Crippen LogP contribution is 2.23. The Labute approximate surface area is 131 Å². The quantitative estimate of drug-likeness (QED) is 0.738. The third-order valence-electron chi connectivity index (χ3n) is 3.00. The van der Waals surface area contributed by atoms with Gasteiger partial charge in [0.2, 0.25) is 0 Å². The Hall–Kier alpha value is -2.10. The summed E-state index contributed by atoms with van der Waals surface area (Å²) in [5.41, 5.74) is 1.61. The molecule has 3 rings (SSSR count). The molecule has 0 fully saturated rings. The van der Waals surface area contributed by atoms with Gasteiger partial charge in [-0.3, -0.25) is 4.79 Å². The molecule has 0 saturated carbocycles. The van der Waals surface area contributed by atoms with Crippen LogP contribution in [0.1, 0.15) is 10.5 Å². The minimum absolute atomic E-state index is 0.272. The Morgan fingerprint density at radius 1 is 1.00 bits per heavy atom. The Morgan fingerprint density at radius 3 is 2.48 bits per heavy atom. The zero-order chi connectivity index (χ0) is 14.8. The van der Waals surface area contributed by atoms with E-state index in [0.717, 1.165) is 5.39 Å². The van der Waals surface area contributed by atoms with Gasteiger partial charge in [-0.2, -0.15) is 0 Å². The molecule has 0 saturated heterocycles. The van der Waals surface area contributed by atoms with Crippen LogP contribution in [0.2, 0.25) is 10.0 Å². The minimum atomic E-state index is -0.315. The maximum atomic E-state index is 12.2. The lowest BCUT2D eigenvalue weighted by Crippen LogP contribution is -2.13. The summed E-state index contributed by atoms with van der Waals surface area (Å²) in [6.07, 6.45) is 0. The molecular weight excluding hydrogens is 307 g/mol. The van der Waals surface area contributed by atoms with Crippen LogP contribution in [0.15, 0.2) is 54.6 Å². The average molecular weight is 317 g/mol. The molecule has 5 heteroatoms.